The fourth-order valence-corrected chi connectivity index (χ4v) is 3.73. The van der Waals surface area contributed by atoms with E-state index in [1.54, 1.807) is 0 Å². The summed E-state index contributed by atoms with van der Waals surface area (Å²) in [6.07, 6.45) is 3.37. The molecule has 2 aromatic carbocycles. The number of rotatable bonds is 7. The van der Waals surface area contributed by atoms with Crippen LogP contribution in [0.2, 0.25) is 0 Å². The molecule has 2 atom stereocenters. The van der Waals surface area contributed by atoms with Crippen molar-refractivity contribution in [3.05, 3.63) is 71.8 Å². The molecule has 1 saturated heterocycles. The van der Waals surface area contributed by atoms with Gasteiger partial charge in [-0.25, -0.2) is 0 Å². The van der Waals surface area contributed by atoms with Gasteiger partial charge < -0.3 is 15.7 Å². The largest absolute Gasteiger partial charge is 0.389 e. The summed E-state index contributed by atoms with van der Waals surface area (Å²) in [6, 6.07) is 20.2. The summed E-state index contributed by atoms with van der Waals surface area (Å²) in [7, 11) is 0. The highest BCUT2D eigenvalue weighted by molar-refractivity contribution is 5.77. The molecule has 1 fully saturated rings. The van der Waals surface area contributed by atoms with Crippen molar-refractivity contribution in [2.45, 2.75) is 43.7 Å². The minimum atomic E-state index is -0.691. The molecule has 138 valence electrons. The molecular weight excluding hydrogens is 324 g/mol. The van der Waals surface area contributed by atoms with Crippen LogP contribution in [-0.4, -0.2) is 30.2 Å². The van der Waals surface area contributed by atoms with Gasteiger partial charge in [-0.1, -0.05) is 60.7 Å². The Bertz CT molecular complexity index is 690. The second-order valence-electron chi connectivity index (χ2n) is 7.05. The Morgan fingerprint density at radius 1 is 1.08 bits per heavy atom. The second kappa shape index (κ2) is 8.97. The number of nitrogens with one attached hydrogen (secondary N) is 2. The fraction of sp³-hybridized carbons (Fsp3) is 0.409. The zero-order chi connectivity index (χ0) is 18.2. The van der Waals surface area contributed by atoms with E-state index in [0.717, 1.165) is 31.4 Å². The maximum atomic E-state index is 12.6. The summed E-state index contributed by atoms with van der Waals surface area (Å²) in [4.78, 5) is 12.6. The first-order valence-corrected chi connectivity index (χ1v) is 9.50. The van der Waals surface area contributed by atoms with Gasteiger partial charge in [0.25, 0.3) is 0 Å². The molecule has 4 heteroatoms. The third-order valence-corrected chi connectivity index (χ3v) is 5.22. The first-order chi connectivity index (χ1) is 12.7. The van der Waals surface area contributed by atoms with Crippen LogP contribution in [0.25, 0.3) is 0 Å². The molecule has 0 bridgehead atoms. The molecule has 0 aromatic heterocycles. The Labute approximate surface area is 155 Å². The van der Waals surface area contributed by atoms with Gasteiger partial charge >= 0.3 is 0 Å². The van der Waals surface area contributed by atoms with E-state index < -0.39 is 11.6 Å². The monoisotopic (exact) mass is 352 g/mol. The number of aliphatic hydroxyl groups is 1. The Morgan fingerprint density at radius 2 is 1.77 bits per heavy atom. The van der Waals surface area contributed by atoms with Gasteiger partial charge in [0, 0.05) is 13.0 Å². The Morgan fingerprint density at radius 3 is 2.46 bits per heavy atom. The summed E-state index contributed by atoms with van der Waals surface area (Å²) in [5.41, 5.74) is 1.59. The number of aryl methyl sites for hydroxylation is 1. The van der Waals surface area contributed by atoms with Gasteiger partial charge in [0.2, 0.25) is 5.91 Å². The Kier molecular flexibility index (Phi) is 6.42. The number of carbonyl (C=O) groups is 1. The van der Waals surface area contributed by atoms with Gasteiger partial charge in [-0.2, -0.15) is 0 Å². The van der Waals surface area contributed by atoms with Crippen LogP contribution in [0.4, 0.5) is 0 Å². The molecule has 0 aliphatic carbocycles. The predicted octanol–water partition coefficient (Wildman–Crippen LogP) is 2.77. The lowest BCUT2D eigenvalue weighted by Gasteiger charge is -2.43. The quantitative estimate of drug-likeness (QED) is 0.672. The molecule has 1 amide bonds. The molecule has 3 rings (SSSR count). The Hall–Kier alpha value is -2.17. The predicted molar refractivity (Wildman–Crippen MR) is 104 cm³/mol. The van der Waals surface area contributed by atoms with E-state index >= 15 is 0 Å². The second-order valence-corrected chi connectivity index (χ2v) is 7.05. The molecule has 1 heterocycles. The van der Waals surface area contributed by atoms with Crippen LogP contribution in [0.1, 0.15) is 36.8 Å². The van der Waals surface area contributed by atoms with Crippen LogP contribution in [-0.2, 0) is 16.8 Å². The first kappa shape index (κ1) is 18.6. The molecule has 0 unspecified atom stereocenters. The summed E-state index contributed by atoms with van der Waals surface area (Å²) >= 11 is 0. The van der Waals surface area contributed by atoms with Crippen LogP contribution < -0.4 is 10.6 Å². The van der Waals surface area contributed by atoms with Crippen molar-refractivity contribution in [1.82, 2.24) is 10.6 Å². The number of carbonyl (C=O) groups excluding carboxylic acids is 1. The van der Waals surface area contributed by atoms with Crippen molar-refractivity contribution in [2.75, 3.05) is 13.1 Å². The maximum Gasteiger partial charge on any atom is 0.220 e. The van der Waals surface area contributed by atoms with Gasteiger partial charge in [0.15, 0.2) is 0 Å². The number of unbranched alkanes of at least 4 members (excludes halogenated alkanes) is 1. The van der Waals surface area contributed by atoms with E-state index in [4.69, 9.17) is 0 Å². The third-order valence-electron chi connectivity index (χ3n) is 5.22. The lowest BCUT2D eigenvalue weighted by molar-refractivity contribution is -0.125. The molecule has 4 nitrogen and oxygen atoms in total. The Balaban J connectivity index is 1.57. The normalized spacial score (nSPS) is 22.7. The highest BCUT2D eigenvalue weighted by Gasteiger charge is 2.42. The standard InChI is InChI=1S/C22H28N2O2/c25-20-17-23-16-15-22(20,19-12-5-2-6-13-19)24-21(26)14-8-7-11-18-9-3-1-4-10-18/h1-6,9-10,12-13,20,23,25H,7-8,11,14-17H2,(H,24,26)/t20-,22+/m1/s1. The minimum absolute atomic E-state index is 0.0165. The zero-order valence-electron chi connectivity index (χ0n) is 15.2. The summed E-state index contributed by atoms with van der Waals surface area (Å²) in [6.45, 7) is 1.27. The lowest BCUT2D eigenvalue weighted by atomic mass is 9.79. The van der Waals surface area contributed by atoms with Crippen LogP contribution in [0.3, 0.4) is 0 Å². The molecule has 0 spiro atoms. The van der Waals surface area contributed by atoms with Crippen LogP contribution in [0, 0.1) is 0 Å². The van der Waals surface area contributed by atoms with Gasteiger partial charge in [-0.3, -0.25) is 4.79 Å². The van der Waals surface area contributed by atoms with Gasteiger partial charge in [-0.15, -0.1) is 0 Å². The molecule has 0 radical (unpaired) electrons. The fourth-order valence-electron chi connectivity index (χ4n) is 3.73. The van der Waals surface area contributed by atoms with Gasteiger partial charge in [0.1, 0.15) is 0 Å². The molecule has 2 aromatic rings. The molecular formula is C22H28N2O2. The maximum absolute atomic E-state index is 12.6. The average Bonchev–Trinajstić information content (AvgIpc) is 2.69. The van der Waals surface area contributed by atoms with E-state index in [-0.39, 0.29) is 5.91 Å². The number of hydrogen-bond acceptors (Lipinski definition) is 3. The highest BCUT2D eigenvalue weighted by Crippen LogP contribution is 2.31. The number of piperidine rings is 1. The highest BCUT2D eigenvalue weighted by atomic mass is 16.3. The lowest BCUT2D eigenvalue weighted by Crippen LogP contribution is -2.61. The van der Waals surface area contributed by atoms with Gasteiger partial charge in [0.05, 0.1) is 11.6 Å². The van der Waals surface area contributed by atoms with Crippen molar-refractivity contribution in [3.8, 4) is 0 Å². The summed E-state index contributed by atoms with van der Waals surface area (Å²) < 4.78 is 0. The van der Waals surface area contributed by atoms with Crippen LogP contribution >= 0.6 is 0 Å². The van der Waals surface area contributed by atoms with Crippen molar-refractivity contribution in [3.63, 3.8) is 0 Å². The van der Waals surface area contributed by atoms with E-state index in [0.29, 0.717) is 19.4 Å². The summed E-state index contributed by atoms with van der Waals surface area (Å²) in [5, 5.41) is 17.0. The molecule has 1 aliphatic rings. The smallest absolute Gasteiger partial charge is 0.220 e. The van der Waals surface area contributed by atoms with Crippen molar-refractivity contribution in [2.24, 2.45) is 0 Å². The first-order valence-electron chi connectivity index (χ1n) is 9.50. The number of β-amino-alcohol motifs (C(OH)–C–C–N with tert-alkyl or cyclic N) is 1. The van der Waals surface area contributed by atoms with Crippen molar-refractivity contribution in [1.29, 1.82) is 0 Å². The number of aliphatic hydroxyl groups excluding tert-OH is 1. The molecule has 0 saturated carbocycles. The topological polar surface area (TPSA) is 61.4 Å². The van der Waals surface area contributed by atoms with E-state index in [2.05, 4.69) is 22.8 Å². The minimum Gasteiger partial charge on any atom is -0.389 e. The summed E-state index contributed by atoms with van der Waals surface area (Å²) in [5.74, 6) is 0.0165. The van der Waals surface area contributed by atoms with Crippen molar-refractivity contribution < 1.29 is 9.90 Å². The average molecular weight is 352 g/mol. The van der Waals surface area contributed by atoms with E-state index in [1.807, 2.05) is 48.5 Å². The van der Waals surface area contributed by atoms with E-state index in [9.17, 15) is 9.90 Å². The van der Waals surface area contributed by atoms with Crippen LogP contribution in [0.15, 0.2) is 60.7 Å². The van der Waals surface area contributed by atoms with E-state index in [1.165, 1.54) is 5.56 Å². The molecule has 3 N–H and O–H groups in total. The number of benzene rings is 2. The van der Waals surface area contributed by atoms with Crippen LogP contribution in [0.5, 0.6) is 0 Å². The number of hydrogen-bond donors (Lipinski definition) is 3. The molecule has 26 heavy (non-hydrogen) atoms. The molecule has 1 aliphatic heterocycles. The SMILES string of the molecule is O=C(CCCCc1ccccc1)N[C@]1(c2ccccc2)CCNC[C@H]1O. The van der Waals surface area contributed by atoms with Crippen molar-refractivity contribution >= 4 is 5.91 Å². The number of amides is 1. The zero-order valence-corrected chi connectivity index (χ0v) is 15.2. The van der Waals surface area contributed by atoms with Gasteiger partial charge in [-0.05, 0) is 43.4 Å². The third kappa shape index (κ3) is 4.51.